The summed E-state index contributed by atoms with van der Waals surface area (Å²) in [4.78, 5) is 14.6. The summed E-state index contributed by atoms with van der Waals surface area (Å²) in [6.45, 7) is 8.38. The van der Waals surface area contributed by atoms with Gasteiger partial charge in [-0.1, -0.05) is 25.6 Å². The number of carboxylic acid groups (broad SMARTS) is 1. The zero-order valence-electron chi connectivity index (χ0n) is 17.9. The van der Waals surface area contributed by atoms with Gasteiger partial charge in [0.25, 0.3) is 0 Å². The van der Waals surface area contributed by atoms with Gasteiger partial charge in [0.05, 0.1) is 4.90 Å². The lowest BCUT2D eigenvalue weighted by molar-refractivity contribution is -0.137. The van der Waals surface area contributed by atoms with E-state index in [-0.39, 0.29) is 12.0 Å². The third-order valence-corrected chi connectivity index (χ3v) is 8.98. The summed E-state index contributed by atoms with van der Waals surface area (Å²) in [7, 11) is -1.08. The predicted molar refractivity (Wildman–Crippen MR) is 120 cm³/mol. The maximum atomic E-state index is 12.7. The first-order valence-corrected chi connectivity index (χ1v) is 12.5. The van der Waals surface area contributed by atoms with Crippen molar-refractivity contribution in [3.05, 3.63) is 41.2 Å². The average Bonchev–Trinajstić information content (AvgIpc) is 3.31. The van der Waals surface area contributed by atoms with Crippen molar-refractivity contribution in [2.75, 3.05) is 13.1 Å². The molecule has 5 nitrogen and oxygen atoms in total. The number of aliphatic carboxylic acids is 1. The van der Waals surface area contributed by atoms with Crippen LogP contribution in [0.4, 0.5) is 0 Å². The summed E-state index contributed by atoms with van der Waals surface area (Å²) >= 11 is 1.70. The second kappa shape index (κ2) is 8.52. The van der Waals surface area contributed by atoms with Gasteiger partial charge in [-0.3, -0.25) is 4.79 Å². The molecule has 4 rings (SSSR count). The van der Waals surface area contributed by atoms with Crippen LogP contribution in [-0.2, 0) is 35.2 Å². The number of fused-ring (bicyclic) bond motifs is 1. The predicted octanol–water partition coefficient (Wildman–Crippen LogP) is 4.67. The molecule has 1 fully saturated rings. The molecule has 0 radical (unpaired) electrons. The first-order valence-electron chi connectivity index (χ1n) is 10.6. The molecule has 2 aromatic rings. The van der Waals surface area contributed by atoms with Gasteiger partial charge in [0.2, 0.25) is 0 Å². The molecule has 1 aromatic carbocycles. The normalized spacial score (nSPS) is 19.6. The Morgan fingerprint density at radius 3 is 2.50 bits per heavy atom. The van der Waals surface area contributed by atoms with Gasteiger partial charge in [-0.25, -0.2) is 8.51 Å². The van der Waals surface area contributed by atoms with Crippen LogP contribution in [0.3, 0.4) is 0 Å². The Morgan fingerprint density at radius 2 is 1.87 bits per heavy atom. The first kappa shape index (κ1) is 21.7. The molecule has 1 aliphatic carbocycles. The lowest BCUT2D eigenvalue weighted by Crippen LogP contribution is -2.25. The molecule has 1 saturated heterocycles. The van der Waals surface area contributed by atoms with Crippen LogP contribution in [0.15, 0.2) is 39.0 Å². The van der Waals surface area contributed by atoms with Gasteiger partial charge in [0.1, 0.15) is 17.5 Å². The van der Waals surface area contributed by atoms with Gasteiger partial charge in [0, 0.05) is 34.3 Å². The third-order valence-electron chi connectivity index (χ3n) is 6.22. The topological polar surface area (TPSA) is 62.5 Å². The number of hydrogen-bond acceptors (Lipinski definition) is 3. The largest absolute Gasteiger partial charge is 0.480 e. The molecule has 1 aliphatic heterocycles. The van der Waals surface area contributed by atoms with Gasteiger partial charge in [-0.05, 0) is 74.3 Å². The van der Waals surface area contributed by atoms with Crippen molar-refractivity contribution >= 4 is 28.7 Å². The van der Waals surface area contributed by atoms with Crippen molar-refractivity contribution in [1.82, 2.24) is 8.87 Å². The molecule has 1 aromatic heterocycles. The number of carboxylic acids is 1. The Kier molecular flexibility index (Phi) is 6.15. The Hall–Kier alpha value is -1.57. The van der Waals surface area contributed by atoms with Crippen molar-refractivity contribution in [2.45, 2.75) is 74.1 Å². The van der Waals surface area contributed by atoms with Gasteiger partial charge in [-0.2, -0.15) is 0 Å². The second-order valence-electron chi connectivity index (χ2n) is 9.12. The molecule has 1 atom stereocenters. The maximum Gasteiger partial charge on any atom is 0.323 e. The van der Waals surface area contributed by atoms with Gasteiger partial charge >= 0.3 is 5.97 Å². The van der Waals surface area contributed by atoms with Gasteiger partial charge in [0.15, 0.2) is 0 Å². The van der Waals surface area contributed by atoms with E-state index >= 15 is 0 Å². The molecule has 1 unspecified atom stereocenters. The number of rotatable bonds is 6. The van der Waals surface area contributed by atoms with E-state index < -0.39 is 17.0 Å². The zero-order valence-corrected chi connectivity index (χ0v) is 19.6. The van der Waals surface area contributed by atoms with Gasteiger partial charge in [-0.15, -0.1) is 0 Å². The van der Waals surface area contributed by atoms with Crippen LogP contribution in [0, 0.1) is 12.3 Å². The van der Waals surface area contributed by atoms with Crippen LogP contribution < -0.4 is 0 Å². The maximum absolute atomic E-state index is 12.7. The van der Waals surface area contributed by atoms with E-state index in [2.05, 4.69) is 13.8 Å². The number of benzene rings is 1. The molecule has 0 spiro atoms. The Morgan fingerprint density at radius 1 is 1.20 bits per heavy atom. The summed E-state index contributed by atoms with van der Waals surface area (Å²) in [6.07, 6.45) is 5.24. The fraction of sp³-hybridized carbons (Fsp3) is 0.522. The first-order chi connectivity index (χ1) is 14.2. The highest BCUT2D eigenvalue weighted by molar-refractivity contribution is 7.99. The minimum atomic E-state index is -1.08. The molecule has 0 saturated carbocycles. The molecule has 162 valence electrons. The van der Waals surface area contributed by atoms with Crippen molar-refractivity contribution in [3.8, 4) is 0 Å². The van der Waals surface area contributed by atoms with E-state index in [9.17, 15) is 14.1 Å². The highest BCUT2D eigenvalue weighted by Gasteiger charge is 2.32. The highest BCUT2D eigenvalue weighted by Crippen LogP contribution is 2.44. The smallest absolute Gasteiger partial charge is 0.323 e. The molecule has 2 heterocycles. The third kappa shape index (κ3) is 4.39. The standard InChI is InChI=1S/C23H30N2O3S2/c1-16-22(19-10-11-23(2,3)14-20(19)25(16)15-21(26)27)29-17-6-8-18(9-7-17)30(28)24-12-4-5-13-24/h6-9H,4-5,10-15H2,1-3H3,(H,26,27). The number of nitrogens with zero attached hydrogens (tertiary/aromatic N) is 2. The van der Waals surface area contributed by atoms with E-state index in [0.717, 1.165) is 60.7 Å². The monoisotopic (exact) mass is 446 g/mol. The fourth-order valence-corrected chi connectivity index (χ4v) is 6.90. The van der Waals surface area contributed by atoms with Crippen molar-refractivity contribution in [3.63, 3.8) is 0 Å². The summed E-state index contributed by atoms with van der Waals surface area (Å²) < 4.78 is 16.7. The molecule has 30 heavy (non-hydrogen) atoms. The molecule has 2 aliphatic rings. The highest BCUT2D eigenvalue weighted by atomic mass is 32.2. The van der Waals surface area contributed by atoms with Gasteiger partial charge < -0.3 is 9.67 Å². The summed E-state index contributed by atoms with van der Waals surface area (Å²) in [5, 5.41) is 9.43. The summed E-state index contributed by atoms with van der Waals surface area (Å²) in [5.41, 5.74) is 3.72. The van der Waals surface area contributed by atoms with E-state index in [1.165, 1.54) is 16.2 Å². The average molecular weight is 447 g/mol. The van der Waals surface area contributed by atoms with Crippen LogP contribution in [-0.4, -0.2) is 37.2 Å². The molecular formula is C23H30N2O3S2. The number of carbonyl (C=O) groups is 1. The van der Waals surface area contributed by atoms with Crippen molar-refractivity contribution in [1.29, 1.82) is 0 Å². The van der Waals surface area contributed by atoms with E-state index in [0.29, 0.717) is 0 Å². The van der Waals surface area contributed by atoms with Crippen LogP contribution >= 0.6 is 11.8 Å². The van der Waals surface area contributed by atoms with E-state index in [1.807, 2.05) is 40.1 Å². The fourth-order valence-electron chi connectivity index (χ4n) is 4.53. The second-order valence-corrected chi connectivity index (χ2v) is 11.7. The zero-order chi connectivity index (χ0) is 21.5. The van der Waals surface area contributed by atoms with Crippen LogP contribution in [0.25, 0.3) is 0 Å². The van der Waals surface area contributed by atoms with Crippen molar-refractivity contribution < 1.29 is 14.1 Å². The van der Waals surface area contributed by atoms with E-state index in [4.69, 9.17) is 0 Å². The molecule has 7 heteroatoms. The quantitative estimate of drug-likeness (QED) is 0.701. The number of hydrogen-bond donors (Lipinski definition) is 1. The molecule has 0 amide bonds. The lowest BCUT2D eigenvalue weighted by atomic mass is 9.77. The SMILES string of the molecule is Cc1c(Sc2ccc(S(=O)N3CCCC3)cc2)c2c(n1CC(=O)O)CC(C)(C)CC2. The summed E-state index contributed by atoms with van der Waals surface area (Å²) in [6, 6.07) is 8.02. The lowest BCUT2D eigenvalue weighted by Gasteiger charge is -2.31. The van der Waals surface area contributed by atoms with E-state index in [1.54, 1.807) is 11.8 Å². The molecular weight excluding hydrogens is 416 g/mol. The minimum Gasteiger partial charge on any atom is -0.480 e. The van der Waals surface area contributed by atoms with Crippen molar-refractivity contribution in [2.24, 2.45) is 5.41 Å². The number of aromatic nitrogens is 1. The Balaban J connectivity index is 1.61. The molecule has 0 bridgehead atoms. The summed E-state index contributed by atoms with van der Waals surface area (Å²) in [5.74, 6) is -0.801. The van der Waals surface area contributed by atoms with Crippen LogP contribution in [0.1, 0.15) is 50.1 Å². The Labute approximate surface area is 185 Å². The van der Waals surface area contributed by atoms with Crippen LogP contribution in [0.2, 0.25) is 0 Å². The Bertz CT molecular complexity index is 973. The minimum absolute atomic E-state index is 0.0125. The molecule has 1 N–H and O–H groups in total. The van der Waals surface area contributed by atoms with Crippen LogP contribution in [0.5, 0.6) is 0 Å².